The van der Waals surface area contributed by atoms with Crippen molar-refractivity contribution in [1.29, 1.82) is 0 Å². The number of aromatic nitrogens is 2. The molecule has 0 aliphatic heterocycles. The van der Waals surface area contributed by atoms with Crippen molar-refractivity contribution in [3.8, 4) is 11.4 Å². The molecule has 0 aliphatic carbocycles. The molecule has 0 radical (unpaired) electrons. The van der Waals surface area contributed by atoms with Gasteiger partial charge in [0.15, 0.2) is 0 Å². The lowest BCUT2D eigenvalue weighted by Crippen LogP contribution is -2.44. The zero-order valence-corrected chi connectivity index (χ0v) is 22.7. The van der Waals surface area contributed by atoms with Gasteiger partial charge < -0.3 is 10.1 Å². The van der Waals surface area contributed by atoms with E-state index in [-0.39, 0.29) is 23.2 Å². The smallest absolute Gasteiger partial charge is 0.225 e. The average molecular weight is 502 g/mol. The first kappa shape index (κ1) is 26.4. The van der Waals surface area contributed by atoms with Gasteiger partial charge in [-0.05, 0) is 65.9 Å². The third-order valence-corrected chi connectivity index (χ3v) is 6.47. The van der Waals surface area contributed by atoms with Gasteiger partial charge in [0, 0.05) is 10.8 Å². The van der Waals surface area contributed by atoms with E-state index >= 15 is 0 Å². The van der Waals surface area contributed by atoms with Crippen molar-refractivity contribution in [2.75, 3.05) is 0 Å². The molecule has 0 aliphatic rings. The molecule has 6 heteroatoms. The number of nitrogens with zero attached hydrogens (tertiary/aromatic N) is 2. The number of carbonyl (C=O) groups is 1. The van der Waals surface area contributed by atoms with Gasteiger partial charge in [-0.25, -0.2) is 9.07 Å². The predicted octanol–water partition coefficient (Wildman–Crippen LogP) is 7.13. The Morgan fingerprint density at radius 3 is 2.19 bits per heavy atom. The average Bonchev–Trinajstić information content (AvgIpc) is 3.25. The maximum atomic E-state index is 13.4. The van der Waals surface area contributed by atoms with E-state index < -0.39 is 11.5 Å². The van der Waals surface area contributed by atoms with Gasteiger partial charge in [-0.15, -0.1) is 0 Å². The second-order valence-corrected chi connectivity index (χ2v) is 11.7. The van der Waals surface area contributed by atoms with Gasteiger partial charge in [-0.3, -0.25) is 4.79 Å². The molecule has 5 nitrogen and oxygen atoms in total. The Kier molecular flexibility index (Phi) is 7.13. The maximum Gasteiger partial charge on any atom is 0.225 e. The van der Waals surface area contributed by atoms with Crippen molar-refractivity contribution >= 4 is 16.8 Å². The standard InChI is InChI=1S/C31H36FN3O2/c1-20(34-29(36)31(5,6)7)28(21-8-10-23(11-9-21)30(2,3)4)37-26-16-17-27-22(18-26)19-33-35(27)25-14-12-24(32)13-15-25/h8-20,28H,1-7H3,(H,34,36). The number of fused-ring (bicyclic) bond motifs is 1. The number of amides is 1. The molecule has 0 bridgehead atoms. The number of benzene rings is 3. The van der Waals surface area contributed by atoms with E-state index in [0.29, 0.717) is 5.75 Å². The molecular formula is C31H36FN3O2. The highest BCUT2D eigenvalue weighted by atomic mass is 19.1. The van der Waals surface area contributed by atoms with Gasteiger partial charge in [0.2, 0.25) is 5.91 Å². The number of rotatable bonds is 6. The van der Waals surface area contributed by atoms with E-state index in [2.05, 4.69) is 55.5 Å². The Morgan fingerprint density at radius 1 is 0.946 bits per heavy atom. The van der Waals surface area contributed by atoms with Crippen LogP contribution in [0.5, 0.6) is 5.75 Å². The minimum Gasteiger partial charge on any atom is -0.484 e. The van der Waals surface area contributed by atoms with Crippen LogP contribution in [0, 0.1) is 11.2 Å². The van der Waals surface area contributed by atoms with E-state index in [1.54, 1.807) is 23.0 Å². The largest absolute Gasteiger partial charge is 0.484 e. The summed E-state index contributed by atoms with van der Waals surface area (Å²) < 4.78 is 21.7. The van der Waals surface area contributed by atoms with E-state index in [9.17, 15) is 9.18 Å². The van der Waals surface area contributed by atoms with Crippen LogP contribution in [0.15, 0.2) is 72.9 Å². The first-order chi connectivity index (χ1) is 17.3. The lowest BCUT2D eigenvalue weighted by atomic mass is 9.86. The van der Waals surface area contributed by atoms with Crippen LogP contribution >= 0.6 is 0 Å². The first-order valence-corrected chi connectivity index (χ1v) is 12.6. The first-order valence-electron chi connectivity index (χ1n) is 12.6. The Hall–Kier alpha value is -3.67. The number of carbonyl (C=O) groups excluding carboxylic acids is 1. The molecule has 37 heavy (non-hydrogen) atoms. The van der Waals surface area contributed by atoms with Crippen molar-refractivity contribution in [1.82, 2.24) is 15.1 Å². The lowest BCUT2D eigenvalue weighted by Gasteiger charge is -2.29. The molecule has 4 rings (SSSR count). The highest BCUT2D eigenvalue weighted by molar-refractivity contribution is 5.82. The SMILES string of the molecule is CC(NC(=O)C(C)(C)C)C(Oc1ccc2c(cnn2-c2ccc(F)cc2)c1)c1ccc(C(C)(C)C)cc1. The van der Waals surface area contributed by atoms with E-state index in [1.807, 2.05) is 45.9 Å². The Bertz CT molecular complexity index is 1380. The Labute approximate surface area is 218 Å². The molecule has 3 aromatic carbocycles. The predicted molar refractivity (Wildman–Crippen MR) is 147 cm³/mol. The van der Waals surface area contributed by atoms with E-state index in [1.165, 1.54) is 17.7 Å². The van der Waals surface area contributed by atoms with Crippen LogP contribution in [0.4, 0.5) is 4.39 Å². The van der Waals surface area contributed by atoms with Crippen molar-refractivity contribution in [3.63, 3.8) is 0 Å². The van der Waals surface area contributed by atoms with Gasteiger partial charge in [-0.1, -0.05) is 65.8 Å². The normalized spacial score (nSPS) is 13.8. The minimum absolute atomic E-state index is 0.0315. The van der Waals surface area contributed by atoms with Crippen molar-refractivity contribution in [3.05, 3.63) is 89.9 Å². The third-order valence-electron chi connectivity index (χ3n) is 6.47. The van der Waals surface area contributed by atoms with Crippen LogP contribution in [-0.4, -0.2) is 21.7 Å². The molecule has 0 fully saturated rings. The maximum absolute atomic E-state index is 13.4. The molecule has 2 atom stereocenters. The topological polar surface area (TPSA) is 56.1 Å². The summed E-state index contributed by atoms with van der Waals surface area (Å²) in [6.07, 6.45) is 1.37. The molecule has 0 saturated carbocycles. The van der Waals surface area contributed by atoms with Gasteiger partial charge >= 0.3 is 0 Å². The fraction of sp³-hybridized carbons (Fsp3) is 0.355. The van der Waals surface area contributed by atoms with E-state index in [4.69, 9.17) is 4.74 Å². The minimum atomic E-state index is -0.511. The highest BCUT2D eigenvalue weighted by Gasteiger charge is 2.28. The summed E-state index contributed by atoms with van der Waals surface area (Å²) in [5.41, 5.74) is 3.41. The van der Waals surface area contributed by atoms with Gasteiger partial charge in [-0.2, -0.15) is 5.10 Å². The molecule has 1 heterocycles. The molecule has 1 N–H and O–H groups in total. The Morgan fingerprint density at radius 2 is 1.59 bits per heavy atom. The Balaban J connectivity index is 1.65. The molecule has 0 spiro atoms. The van der Waals surface area contributed by atoms with Crippen LogP contribution in [0.1, 0.15) is 65.7 Å². The lowest BCUT2D eigenvalue weighted by molar-refractivity contribution is -0.129. The summed E-state index contributed by atoms with van der Waals surface area (Å²) in [5, 5.41) is 8.53. The molecule has 4 aromatic rings. The third kappa shape index (κ3) is 6.01. The van der Waals surface area contributed by atoms with Gasteiger partial charge in [0.25, 0.3) is 0 Å². The van der Waals surface area contributed by atoms with Gasteiger partial charge in [0.1, 0.15) is 17.7 Å². The number of halogens is 1. The van der Waals surface area contributed by atoms with Crippen LogP contribution in [0.25, 0.3) is 16.6 Å². The summed E-state index contributed by atoms with van der Waals surface area (Å²) in [6, 6.07) is 20.2. The second-order valence-electron chi connectivity index (χ2n) is 11.7. The fourth-order valence-corrected chi connectivity index (χ4v) is 4.15. The van der Waals surface area contributed by atoms with Crippen molar-refractivity contribution in [2.45, 2.75) is 66.0 Å². The summed E-state index contributed by atoms with van der Waals surface area (Å²) in [5.74, 6) is 0.356. The molecule has 2 unspecified atom stereocenters. The monoisotopic (exact) mass is 501 g/mol. The zero-order chi connectivity index (χ0) is 27.0. The fourth-order valence-electron chi connectivity index (χ4n) is 4.15. The van der Waals surface area contributed by atoms with Crippen LogP contribution in [0.3, 0.4) is 0 Å². The molecule has 1 amide bonds. The van der Waals surface area contributed by atoms with Gasteiger partial charge in [0.05, 0.1) is 23.4 Å². The quantitative estimate of drug-likeness (QED) is 0.306. The van der Waals surface area contributed by atoms with Crippen molar-refractivity contribution in [2.24, 2.45) is 5.41 Å². The van der Waals surface area contributed by atoms with E-state index in [0.717, 1.165) is 22.2 Å². The molecular weight excluding hydrogens is 465 g/mol. The van der Waals surface area contributed by atoms with Crippen LogP contribution < -0.4 is 10.1 Å². The number of hydrogen-bond donors (Lipinski definition) is 1. The second kappa shape index (κ2) is 10.0. The highest BCUT2D eigenvalue weighted by Crippen LogP contribution is 2.31. The van der Waals surface area contributed by atoms with Crippen LogP contribution in [-0.2, 0) is 10.2 Å². The molecule has 0 saturated heterocycles. The summed E-state index contributed by atoms with van der Waals surface area (Å²) in [6.45, 7) is 14.2. The molecule has 194 valence electrons. The van der Waals surface area contributed by atoms with Crippen LogP contribution in [0.2, 0.25) is 0 Å². The van der Waals surface area contributed by atoms with Crippen molar-refractivity contribution < 1.29 is 13.9 Å². The summed E-state index contributed by atoms with van der Waals surface area (Å²) in [7, 11) is 0. The summed E-state index contributed by atoms with van der Waals surface area (Å²) >= 11 is 0. The number of ether oxygens (including phenoxy) is 1. The number of hydrogen-bond acceptors (Lipinski definition) is 3. The zero-order valence-electron chi connectivity index (χ0n) is 22.7. The molecule has 1 aromatic heterocycles. The summed E-state index contributed by atoms with van der Waals surface area (Å²) in [4.78, 5) is 12.8. The number of nitrogens with one attached hydrogen (secondary N) is 1.